The molecule has 0 spiro atoms. The van der Waals surface area contributed by atoms with Gasteiger partial charge < -0.3 is 14.4 Å². The number of likely N-dealkylation sites (N-methyl/N-ethyl adjacent to an activating group) is 2. The molecule has 2 amide bonds. The minimum Gasteiger partial charge on any atom is -0.448 e. The van der Waals surface area contributed by atoms with Crippen LogP contribution in [0.2, 0.25) is 0 Å². The number of ether oxygens (including phenoxy) is 2. The number of esters is 1. The zero-order valence-corrected chi connectivity index (χ0v) is 20.4. The Labute approximate surface area is 200 Å². The van der Waals surface area contributed by atoms with Crippen molar-refractivity contribution in [3.63, 3.8) is 0 Å². The van der Waals surface area contributed by atoms with E-state index in [9.17, 15) is 14.4 Å². The molecule has 7 heteroatoms. The van der Waals surface area contributed by atoms with Crippen LogP contribution in [0.3, 0.4) is 0 Å². The molecule has 7 nitrogen and oxygen atoms in total. The van der Waals surface area contributed by atoms with Crippen LogP contribution in [0.4, 0.5) is 4.79 Å². The molecule has 1 aliphatic carbocycles. The second-order valence-electron chi connectivity index (χ2n) is 8.83. The van der Waals surface area contributed by atoms with Gasteiger partial charge in [0.25, 0.3) is 0 Å². The second kappa shape index (κ2) is 10.5. The molecule has 180 valence electrons. The fraction of sp³-hybridized carbons (Fsp3) is 0.370. The second-order valence-corrected chi connectivity index (χ2v) is 8.83. The number of carbonyl (C=O) groups excluding carboxylic acids is 3. The normalized spacial score (nSPS) is 13.9. The Morgan fingerprint density at radius 3 is 1.97 bits per heavy atom. The Morgan fingerprint density at radius 2 is 1.47 bits per heavy atom. The maximum absolute atomic E-state index is 13.2. The highest BCUT2D eigenvalue weighted by Gasteiger charge is 2.37. The number of fused-ring (bicyclic) bond motifs is 3. The quantitative estimate of drug-likeness (QED) is 0.427. The average molecular weight is 465 g/mol. The number of amides is 2. The van der Waals surface area contributed by atoms with Gasteiger partial charge in [-0.2, -0.15) is 0 Å². The van der Waals surface area contributed by atoms with Gasteiger partial charge in [0.2, 0.25) is 5.91 Å². The Balaban J connectivity index is 1.73. The van der Waals surface area contributed by atoms with Gasteiger partial charge >= 0.3 is 12.1 Å². The summed E-state index contributed by atoms with van der Waals surface area (Å²) in [6, 6.07) is 14.6. The van der Waals surface area contributed by atoms with Gasteiger partial charge in [0, 0.05) is 20.0 Å². The van der Waals surface area contributed by atoms with Crippen LogP contribution in [-0.4, -0.2) is 60.6 Å². The molecule has 1 aliphatic rings. The largest absolute Gasteiger partial charge is 0.448 e. The maximum atomic E-state index is 13.2. The Bertz CT molecular complexity index is 1030. The highest BCUT2D eigenvalue weighted by molar-refractivity contribution is 5.89. The van der Waals surface area contributed by atoms with E-state index in [1.54, 1.807) is 14.0 Å². The summed E-state index contributed by atoms with van der Waals surface area (Å²) in [7, 11) is 3.06. The number of hydrogen-bond donors (Lipinski definition) is 0. The van der Waals surface area contributed by atoms with Gasteiger partial charge in [-0.1, -0.05) is 69.0 Å². The molecule has 0 heterocycles. The fourth-order valence-corrected chi connectivity index (χ4v) is 4.45. The molecule has 0 aromatic heterocycles. The van der Waals surface area contributed by atoms with E-state index in [0.717, 1.165) is 28.5 Å². The smallest absolute Gasteiger partial charge is 0.410 e. The van der Waals surface area contributed by atoms with E-state index in [2.05, 4.69) is 30.8 Å². The van der Waals surface area contributed by atoms with Crippen molar-refractivity contribution in [1.82, 2.24) is 9.80 Å². The molecule has 0 bridgehead atoms. The molecule has 2 aromatic carbocycles. The first kappa shape index (κ1) is 25.0. The lowest BCUT2D eigenvalue weighted by Gasteiger charge is -2.34. The summed E-state index contributed by atoms with van der Waals surface area (Å²) in [6.07, 6.45) is 0.434. The first-order valence-electron chi connectivity index (χ1n) is 11.3. The zero-order chi connectivity index (χ0) is 25.0. The summed E-state index contributed by atoms with van der Waals surface area (Å²) >= 11 is 0. The van der Waals surface area contributed by atoms with E-state index < -0.39 is 24.1 Å². The third kappa shape index (κ3) is 4.83. The Hall–Kier alpha value is -3.61. The SMILES string of the molecule is C=COC(=O)[C@H](C)N(C)C(=O)[C@H](C(C)C)N(C)C(=O)OCC1c2ccccc2-c2ccccc21. The lowest BCUT2D eigenvalue weighted by Crippen LogP contribution is -2.54. The third-order valence-corrected chi connectivity index (χ3v) is 6.39. The van der Waals surface area contributed by atoms with Crippen molar-refractivity contribution in [3.8, 4) is 11.1 Å². The average Bonchev–Trinajstić information content (AvgIpc) is 3.15. The molecule has 2 atom stereocenters. The standard InChI is InChI=1S/C27H32N2O5/c1-7-33-26(31)18(4)28(5)25(30)24(17(2)3)29(6)27(32)34-16-23-21-14-10-8-12-19(21)20-13-9-11-15-22(20)23/h7-15,17-18,23-24H,1,16H2,2-6H3/t18-,24-/m0/s1. The number of benzene rings is 2. The number of hydrogen-bond acceptors (Lipinski definition) is 5. The molecule has 0 radical (unpaired) electrons. The van der Waals surface area contributed by atoms with E-state index in [1.165, 1.54) is 16.8 Å². The summed E-state index contributed by atoms with van der Waals surface area (Å²) in [5.41, 5.74) is 4.52. The fourth-order valence-electron chi connectivity index (χ4n) is 4.45. The predicted molar refractivity (Wildman–Crippen MR) is 130 cm³/mol. The molecule has 0 unspecified atom stereocenters. The van der Waals surface area contributed by atoms with Crippen LogP contribution in [0.15, 0.2) is 61.4 Å². The number of nitrogens with zero attached hydrogens (tertiary/aromatic N) is 2. The van der Waals surface area contributed by atoms with Crippen LogP contribution in [0.1, 0.15) is 37.8 Å². The molecule has 0 N–H and O–H groups in total. The van der Waals surface area contributed by atoms with Crippen molar-refractivity contribution in [1.29, 1.82) is 0 Å². The zero-order valence-electron chi connectivity index (χ0n) is 20.4. The van der Waals surface area contributed by atoms with E-state index in [0.29, 0.717) is 0 Å². The Kier molecular flexibility index (Phi) is 7.76. The van der Waals surface area contributed by atoms with Gasteiger partial charge in [-0.05, 0) is 35.1 Å². The van der Waals surface area contributed by atoms with Crippen LogP contribution in [0.5, 0.6) is 0 Å². The van der Waals surface area contributed by atoms with Gasteiger partial charge in [-0.25, -0.2) is 9.59 Å². The lowest BCUT2D eigenvalue weighted by molar-refractivity contribution is -0.151. The van der Waals surface area contributed by atoms with E-state index >= 15 is 0 Å². The summed E-state index contributed by atoms with van der Waals surface area (Å²) in [4.78, 5) is 40.9. The molecular weight excluding hydrogens is 432 g/mol. The first-order valence-corrected chi connectivity index (χ1v) is 11.3. The minimum atomic E-state index is -0.831. The topological polar surface area (TPSA) is 76.2 Å². The van der Waals surface area contributed by atoms with Crippen molar-refractivity contribution in [2.45, 2.75) is 38.8 Å². The predicted octanol–water partition coefficient (Wildman–Crippen LogP) is 4.43. The first-order chi connectivity index (χ1) is 16.2. The number of carbonyl (C=O) groups is 3. The van der Waals surface area contributed by atoms with Crippen LogP contribution < -0.4 is 0 Å². The molecule has 0 aliphatic heterocycles. The van der Waals surface area contributed by atoms with Crippen molar-refractivity contribution < 1.29 is 23.9 Å². The minimum absolute atomic E-state index is 0.0747. The van der Waals surface area contributed by atoms with Crippen molar-refractivity contribution >= 4 is 18.0 Å². The maximum Gasteiger partial charge on any atom is 0.410 e. The highest BCUT2D eigenvalue weighted by Crippen LogP contribution is 2.44. The highest BCUT2D eigenvalue weighted by atomic mass is 16.6. The van der Waals surface area contributed by atoms with Crippen LogP contribution >= 0.6 is 0 Å². The van der Waals surface area contributed by atoms with Gasteiger partial charge in [0.05, 0.1) is 6.26 Å². The molecule has 0 saturated carbocycles. The summed E-state index contributed by atoms with van der Waals surface area (Å²) < 4.78 is 10.5. The molecule has 34 heavy (non-hydrogen) atoms. The lowest BCUT2D eigenvalue weighted by atomic mass is 9.98. The summed E-state index contributed by atoms with van der Waals surface area (Å²) in [5.74, 6) is -1.26. The van der Waals surface area contributed by atoms with Gasteiger partial charge in [-0.3, -0.25) is 9.69 Å². The monoisotopic (exact) mass is 464 g/mol. The van der Waals surface area contributed by atoms with Gasteiger partial charge in [0.1, 0.15) is 18.7 Å². The van der Waals surface area contributed by atoms with Crippen LogP contribution in [0.25, 0.3) is 11.1 Å². The third-order valence-electron chi connectivity index (χ3n) is 6.39. The van der Waals surface area contributed by atoms with E-state index in [4.69, 9.17) is 9.47 Å². The van der Waals surface area contributed by atoms with Crippen LogP contribution in [-0.2, 0) is 19.1 Å². The molecule has 3 rings (SSSR count). The molecule has 0 fully saturated rings. The van der Waals surface area contributed by atoms with Crippen LogP contribution in [0, 0.1) is 5.92 Å². The van der Waals surface area contributed by atoms with Crippen molar-refractivity contribution in [2.24, 2.45) is 5.92 Å². The van der Waals surface area contributed by atoms with E-state index in [1.807, 2.05) is 38.1 Å². The molecular formula is C27H32N2O5. The Morgan fingerprint density at radius 1 is 0.941 bits per heavy atom. The van der Waals surface area contributed by atoms with Crippen molar-refractivity contribution in [2.75, 3.05) is 20.7 Å². The van der Waals surface area contributed by atoms with Crippen molar-refractivity contribution in [3.05, 3.63) is 72.5 Å². The molecule has 0 saturated heterocycles. The van der Waals surface area contributed by atoms with E-state index in [-0.39, 0.29) is 24.3 Å². The number of rotatable bonds is 8. The van der Waals surface area contributed by atoms with Gasteiger partial charge in [0.15, 0.2) is 0 Å². The summed E-state index contributed by atoms with van der Waals surface area (Å²) in [5, 5.41) is 0. The molecule has 2 aromatic rings. The summed E-state index contributed by atoms with van der Waals surface area (Å²) in [6.45, 7) is 8.78. The van der Waals surface area contributed by atoms with Gasteiger partial charge in [-0.15, -0.1) is 0 Å².